The van der Waals surface area contributed by atoms with E-state index in [0.717, 1.165) is 0 Å². The van der Waals surface area contributed by atoms with E-state index < -0.39 is 24.2 Å². The van der Waals surface area contributed by atoms with E-state index in [0.29, 0.717) is 51.4 Å². The summed E-state index contributed by atoms with van der Waals surface area (Å²) in [6.07, 6.45) is 1.06. The van der Waals surface area contributed by atoms with Crippen LogP contribution >= 0.6 is 22.6 Å². The first-order chi connectivity index (χ1) is 17.7. The number of nitrogens with one attached hydrogen (secondary N) is 1. The highest BCUT2D eigenvalue weighted by molar-refractivity contribution is 14.1. The van der Waals surface area contributed by atoms with Gasteiger partial charge in [0.15, 0.2) is 11.5 Å². The smallest absolute Gasteiger partial charge is 0.247 e. The summed E-state index contributed by atoms with van der Waals surface area (Å²) in [4.78, 5) is 39.0. The Morgan fingerprint density at radius 1 is 1.30 bits per heavy atom. The van der Waals surface area contributed by atoms with E-state index >= 15 is 0 Å². The third-order valence-corrected chi connectivity index (χ3v) is 6.85. The van der Waals surface area contributed by atoms with Crippen molar-refractivity contribution in [3.8, 4) is 11.5 Å². The van der Waals surface area contributed by atoms with Gasteiger partial charge in [-0.15, -0.1) is 0 Å². The normalized spacial score (nSPS) is 19.2. The number of aliphatic hydroxyl groups is 2. The second-order valence-corrected chi connectivity index (χ2v) is 10.3. The lowest BCUT2D eigenvalue weighted by atomic mass is 9.87. The van der Waals surface area contributed by atoms with Crippen LogP contribution in [0.1, 0.15) is 43.5 Å². The number of carbonyl (C=O) groups excluding carboxylic acids is 3. The summed E-state index contributed by atoms with van der Waals surface area (Å²) in [5.74, 6) is 0.325. The van der Waals surface area contributed by atoms with E-state index in [2.05, 4.69) is 5.32 Å². The van der Waals surface area contributed by atoms with Crippen molar-refractivity contribution in [3.63, 3.8) is 0 Å². The number of hydrogen-bond acceptors (Lipinski definition) is 8. The molecule has 0 saturated heterocycles. The first kappa shape index (κ1) is 31.0. The van der Waals surface area contributed by atoms with Gasteiger partial charge in [0.05, 0.1) is 36.4 Å². The Morgan fingerprint density at radius 3 is 2.62 bits per heavy atom. The number of halogens is 1. The Morgan fingerprint density at radius 2 is 2.03 bits per heavy atom. The molecule has 3 atom stereocenters. The molecule has 0 fully saturated rings. The molecule has 10 nitrogen and oxygen atoms in total. The summed E-state index contributed by atoms with van der Waals surface area (Å²) < 4.78 is 17.3. The Kier molecular flexibility index (Phi) is 12.8. The first-order valence-electron chi connectivity index (χ1n) is 12.2. The number of amides is 2. The molecule has 2 rings (SSSR count). The average molecular weight is 632 g/mol. The van der Waals surface area contributed by atoms with Gasteiger partial charge in [-0.05, 0) is 53.1 Å². The molecular formula is C26H37IN2O8. The molecule has 3 N–H and O–H groups in total. The van der Waals surface area contributed by atoms with Crippen molar-refractivity contribution < 1.29 is 38.8 Å². The molecule has 11 heteroatoms. The summed E-state index contributed by atoms with van der Waals surface area (Å²) in [5.41, 5.74) is 0.736. The SMILES string of the molecule is COCCC(=O)N(CCC(C)C)[C@@H]1CC(C(=O)NCCO)=C[C@H](Oc2c(I)cc(C=O)cc2OC)[C@H]1O. The molecule has 37 heavy (non-hydrogen) atoms. The van der Waals surface area contributed by atoms with E-state index in [9.17, 15) is 19.5 Å². The third-order valence-electron chi connectivity index (χ3n) is 6.04. The Labute approximate surface area is 231 Å². The fourth-order valence-corrected chi connectivity index (χ4v) is 4.80. The molecule has 1 aliphatic rings. The molecule has 0 radical (unpaired) electrons. The largest absolute Gasteiger partial charge is 0.493 e. The number of aldehydes is 1. The second kappa shape index (κ2) is 15.3. The topological polar surface area (TPSA) is 135 Å². The van der Waals surface area contributed by atoms with Crippen LogP contribution in [0.15, 0.2) is 23.8 Å². The molecule has 0 spiro atoms. The van der Waals surface area contributed by atoms with Gasteiger partial charge in [-0.2, -0.15) is 0 Å². The van der Waals surface area contributed by atoms with Crippen LogP contribution in [0.4, 0.5) is 0 Å². The van der Waals surface area contributed by atoms with Crippen molar-refractivity contribution in [2.75, 3.05) is 40.5 Å². The maximum absolute atomic E-state index is 13.2. The van der Waals surface area contributed by atoms with Gasteiger partial charge in [0.25, 0.3) is 0 Å². The van der Waals surface area contributed by atoms with Crippen LogP contribution in [0.2, 0.25) is 0 Å². The van der Waals surface area contributed by atoms with E-state index in [-0.39, 0.29) is 38.5 Å². The number of aliphatic hydroxyl groups excluding tert-OH is 2. The van der Waals surface area contributed by atoms with Crippen LogP contribution in [-0.2, 0) is 14.3 Å². The number of ether oxygens (including phenoxy) is 3. The monoisotopic (exact) mass is 632 g/mol. The van der Waals surface area contributed by atoms with Crippen molar-refractivity contribution >= 4 is 40.7 Å². The standard InChI is InChI=1S/C26H37IN2O8/c1-16(2)5-8-29(23(32)6-10-35-3)20-13-18(26(34)28-7-9-30)14-21(24(20)33)37-25-19(27)11-17(15-31)12-22(25)36-4/h11-12,14-16,20-21,24,30,33H,5-10,13H2,1-4H3,(H,28,34)/t20-,21+,24+/m1/s1. The minimum Gasteiger partial charge on any atom is -0.493 e. The van der Waals surface area contributed by atoms with Gasteiger partial charge in [0.2, 0.25) is 11.8 Å². The number of methoxy groups -OCH3 is 2. The van der Waals surface area contributed by atoms with Crippen LogP contribution in [0.5, 0.6) is 11.5 Å². The van der Waals surface area contributed by atoms with E-state index in [1.807, 2.05) is 36.4 Å². The van der Waals surface area contributed by atoms with Crippen LogP contribution < -0.4 is 14.8 Å². The predicted molar refractivity (Wildman–Crippen MR) is 146 cm³/mol. The van der Waals surface area contributed by atoms with Crippen molar-refractivity contribution in [1.82, 2.24) is 10.2 Å². The van der Waals surface area contributed by atoms with Crippen molar-refractivity contribution in [2.45, 2.75) is 51.4 Å². The van der Waals surface area contributed by atoms with Gasteiger partial charge in [0.1, 0.15) is 18.5 Å². The first-order valence-corrected chi connectivity index (χ1v) is 13.3. The van der Waals surface area contributed by atoms with Crippen molar-refractivity contribution in [3.05, 3.63) is 32.9 Å². The predicted octanol–water partition coefficient (Wildman–Crippen LogP) is 1.94. The highest BCUT2D eigenvalue weighted by Gasteiger charge is 2.40. The molecule has 0 unspecified atom stereocenters. The van der Waals surface area contributed by atoms with Gasteiger partial charge >= 0.3 is 0 Å². The van der Waals surface area contributed by atoms with E-state index in [1.165, 1.54) is 26.4 Å². The average Bonchev–Trinajstić information content (AvgIpc) is 2.88. The summed E-state index contributed by atoms with van der Waals surface area (Å²) >= 11 is 2.01. The van der Waals surface area contributed by atoms with Crippen LogP contribution in [-0.4, -0.2) is 92.0 Å². The Balaban J connectivity index is 2.49. The number of hydrogen-bond donors (Lipinski definition) is 3. The zero-order valence-corrected chi connectivity index (χ0v) is 23.9. The van der Waals surface area contributed by atoms with Crippen molar-refractivity contribution in [2.24, 2.45) is 5.92 Å². The lowest BCUT2D eigenvalue weighted by Crippen LogP contribution is -2.55. The highest BCUT2D eigenvalue weighted by atomic mass is 127. The number of rotatable bonds is 14. The fourth-order valence-electron chi connectivity index (χ4n) is 4.04. The van der Waals surface area contributed by atoms with Crippen molar-refractivity contribution in [1.29, 1.82) is 0 Å². The Bertz CT molecular complexity index is 968. The minimum absolute atomic E-state index is 0.0671. The van der Waals surface area contributed by atoms with Crippen LogP contribution in [0.3, 0.4) is 0 Å². The summed E-state index contributed by atoms with van der Waals surface area (Å²) in [6, 6.07) is 2.42. The molecule has 1 aromatic rings. The summed E-state index contributed by atoms with van der Waals surface area (Å²) in [7, 11) is 2.96. The van der Waals surface area contributed by atoms with E-state index in [1.54, 1.807) is 11.0 Å². The quantitative estimate of drug-likeness (QED) is 0.209. The van der Waals surface area contributed by atoms with Crippen LogP contribution in [0, 0.1) is 9.49 Å². The molecular weight excluding hydrogens is 595 g/mol. The molecule has 0 heterocycles. The number of carbonyl (C=O) groups is 3. The second-order valence-electron chi connectivity index (χ2n) is 9.18. The Hall–Kier alpha value is -2.22. The highest BCUT2D eigenvalue weighted by Crippen LogP contribution is 2.37. The zero-order valence-electron chi connectivity index (χ0n) is 21.7. The summed E-state index contributed by atoms with van der Waals surface area (Å²) in [6.45, 7) is 4.57. The number of nitrogens with zero attached hydrogens (tertiary/aromatic N) is 1. The molecule has 206 valence electrons. The van der Waals surface area contributed by atoms with E-state index in [4.69, 9.17) is 19.3 Å². The molecule has 0 aliphatic heterocycles. The van der Waals surface area contributed by atoms with Gasteiger partial charge in [-0.25, -0.2) is 0 Å². The van der Waals surface area contributed by atoms with Crippen LogP contribution in [0.25, 0.3) is 0 Å². The number of benzene rings is 1. The molecule has 0 aromatic heterocycles. The van der Waals surface area contributed by atoms with Gasteiger partial charge in [-0.3, -0.25) is 14.4 Å². The maximum Gasteiger partial charge on any atom is 0.247 e. The maximum atomic E-state index is 13.2. The van der Waals surface area contributed by atoms with Gasteiger partial charge in [-0.1, -0.05) is 13.8 Å². The molecule has 1 aliphatic carbocycles. The molecule has 1 aromatic carbocycles. The summed E-state index contributed by atoms with van der Waals surface area (Å²) in [5, 5.41) is 23.3. The molecule has 0 bridgehead atoms. The lowest BCUT2D eigenvalue weighted by molar-refractivity contribution is -0.139. The molecule has 2 amide bonds. The molecule has 0 saturated carbocycles. The zero-order chi connectivity index (χ0) is 27.5. The third kappa shape index (κ3) is 8.66. The van der Waals surface area contributed by atoms with Gasteiger partial charge in [0, 0.05) is 37.8 Å². The lowest BCUT2D eigenvalue weighted by Gasteiger charge is -2.41. The fraction of sp³-hybridized carbons (Fsp3) is 0.577. The minimum atomic E-state index is -1.15. The van der Waals surface area contributed by atoms with Gasteiger partial charge < -0.3 is 34.6 Å².